The monoisotopic (exact) mass is 794 g/mol. The number of hydrogen-bond acceptors (Lipinski definition) is 0. The number of halogens is 2. The van der Waals surface area contributed by atoms with Gasteiger partial charge in [0, 0.05) is 0 Å². The van der Waals surface area contributed by atoms with E-state index in [-0.39, 0.29) is 35.6 Å². The van der Waals surface area contributed by atoms with E-state index in [0.29, 0.717) is 11.3 Å². The minimum Gasteiger partial charge on any atom is -1.00 e. The maximum absolute atomic E-state index is 3.67. The van der Waals surface area contributed by atoms with Crippen molar-refractivity contribution in [1.82, 2.24) is 0 Å². The average molecular weight is 797 g/mol. The Morgan fingerprint density at radius 2 is 1.20 bits per heavy atom. The van der Waals surface area contributed by atoms with Crippen LogP contribution in [0.4, 0.5) is 0 Å². The molecule has 51 heavy (non-hydrogen) atoms. The predicted octanol–water partition coefficient (Wildman–Crippen LogP) is 6.83. The molecule has 2 aliphatic carbocycles. The molecule has 0 bridgehead atoms. The molecule has 0 aliphatic heterocycles. The third kappa shape index (κ3) is 11.8. The number of hydrogen-bond donors (Lipinski definition) is 0. The molecule has 0 aromatic heterocycles. The first-order valence-electron chi connectivity index (χ1n) is 18.0. The Hall–Kier alpha value is -2.31. The summed E-state index contributed by atoms with van der Waals surface area (Å²) in [5.41, 5.74) is 17.2. The molecule has 4 aromatic carbocycles. The van der Waals surface area contributed by atoms with Crippen molar-refractivity contribution in [2.45, 2.75) is 114 Å². The first-order chi connectivity index (χ1) is 22.8. The van der Waals surface area contributed by atoms with E-state index in [1.54, 1.807) is 0 Å². The van der Waals surface area contributed by atoms with Gasteiger partial charge in [0.2, 0.25) is 0 Å². The maximum atomic E-state index is 3.67. The number of benzene rings is 4. The van der Waals surface area contributed by atoms with Crippen molar-refractivity contribution in [1.29, 1.82) is 0 Å². The molecule has 0 spiro atoms. The van der Waals surface area contributed by atoms with E-state index in [1.165, 1.54) is 94.2 Å². The molecule has 3 heteroatoms. The van der Waals surface area contributed by atoms with Gasteiger partial charge in [-0.25, -0.2) is 5.57 Å². The van der Waals surface area contributed by atoms with Crippen molar-refractivity contribution in [3.05, 3.63) is 153 Å². The van der Waals surface area contributed by atoms with Gasteiger partial charge in [-0.2, -0.15) is 35.4 Å². The van der Waals surface area contributed by atoms with Gasteiger partial charge < -0.3 is 24.8 Å². The van der Waals surface area contributed by atoms with Crippen molar-refractivity contribution >= 4 is 3.21 Å². The van der Waals surface area contributed by atoms with Crippen LogP contribution in [0.3, 0.4) is 0 Å². The third-order valence-corrected chi connectivity index (χ3v) is 10.9. The zero-order valence-corrected chi connectivity index (χ0v) is 37.3. The molecule has 0 nitrogen and oxygen atoms in total. The molecule has 270 valence electrons. The molecule has 4 aromatic rings. The summed E-state index contributed by atoms with van der Waals surface area (Å²) in [5, 5.41) is 0. The first-order valence-corrected chi connectivity index (χ1v) is 19.3. The summed E-state index contributed by atoms with van der Waals surface area (Å²) in [7, 11) is 0. The van der Waals surface area contributed by atoms with Crippen molar-refractivity contribution < 1.29 is 49.0 Å². The zero-order valence-electron chi connectivity index (χ0n) is 33.3. The maximum Gasteiger partial charge on any atom is -1.00 e. The van der Waals surface area contributed by atoms with Crippen LogP contribution in [0.5, 0.6) is 0 Å². The van der Waals surface area contributed by atoms with Gasteiger partial charge in [-0.1, -0.05) is 118 Å². The number of allylic oxidation sites excluding steroid dienone is 4. The van der Waals surface area contributed by atoms with E-state index in [1.807, 2.05) is 0 Å². The standard InChI is InChI=1S/C21H25.C15H14.C12H19.2ClH.Zr/c1-20(2,3)16-7-9-18-14(12-16)11-15-13-17(21(4,5)6)8-10-19(15)18;1-12-3-7-14(8-4-12)11-15-9-5-13(2)6-10-15;1-6-10-7-9(2)8-11(10)12(3,4)5;;;/h7-10,12H,11H2,1-6H3;3-10H,1-2H3;8-9H,6H2,1-5H3;2*1H;/q-1;;-1;;;+2/p-2. The topological polar surface area (TPSA) is 0 Å². The Morgan fingerprint density at radius 1 is 0.686 bits per heavy atom. The second-order valence-corrected chi connectivity index (χ2v) is 18.2. The SMILES string of the molecule is CC(C)(C)c1[c-]c2c(cc1)-c1ccc(C(C)(C)C)cc1C2.CCC1=[C-]C(C)C=C1C(C)(C)C.Cc1ccc([C](=[Zr+2])c2ccc(C)cc2)cc1.[Cl-].[Cl-]. The second-order valence-electron chi connectivity index (χ2n) is 17.0. The van der Waals surface area contributed by atoms with Crippen LogP contribution in [-0.2, 0) is 41.5 Å². The minimum atomic E-state index is 0. The molecule has 0 saturated carbocycles. The van der Waals surface area contributed by atoms with Gasteiger partial charge in [-0.3, -0.25) is 6.08 Å². The third-order valence-electron chi connectivity index (χ3n) is 9.45. The van der Waals surface area contributed by atoms with Crippen LogP contribution < -0.4 is 24.8 Å². The van der Waals surface area contributed by atoms with E-state index in [0.717, 1.165) is 12.8 Å². The smallest absolute Gasteiger partial charge is 1.00 e. The van der Waals surface area contributed by atoms with E-state index >= 15 is 0 Å². The molecule has 0 radical (unpaired) electrons. The first kappa shape index (κ1) is 44.9. The fourth-order valence-electron chi connectivity index (χ4n) is 6.37. The Kier molecular flexibility index (Phi) is 16.0. The summed E-state index contributed by atoms with van der Waals surface area (Å²) in [4.78, 5) is 0. The van der Waals surface area contributed by atoms with Crippen LogP contribution in [0.25, 0.3) is 11.1 Å². The van der Waals surface area contributed by atoms with Gasteiger partial charge in [-0.05, 0) is 28.4 Å². The second kappa shape index (κ2) is 18.1. The van der Waals surface area contributed by atoms with Crippen molar-refractivity contribution in [2.75, 3.05) is 0 Å². The van der Waals surface area contributed by atoms with Gasteiger partial charge in [0.05, 0.1) is 0 Å². The predicted molar refractivity (Wildman–Crippen MR) is 210 cm³/mol. The Balaban J connectivity index is 0.000000270. The van der Waals surface area contributed by atoms with Crippen LogP contribution in [0, 0.1) is 37.3 Å². The summed E-state index contributed by atoms with van der Waals surface area (Å²) in [5.74, 6) is 0.522. The summed E-state index contributed by atoms with van der Waals surface area (Å²) < 4.78 is 1.42. The Bertz CT molecular complexity index is 1730. The molecule has 1 atom stereocenters. The van der Waals surface area contributed by atoms with Crippen molar-refractivity contribution in [3.63, 3.8) is 0 Å². The van der Waals surface area contributed by atoms with Crippen LogP contribution >= 0.6 is 0 Å². The molecule has 0 saturated heterocycles. The van der Waals surface area contributed by atoms with E-state index < -0.39 is 0 Å². The Labute approximate surface area is 338 Å². The molecule has 0 heterocycles. The molecule has 0 amide bonds. The summed E-state index contributed by atoms with van der Waals surface area (Å²) in [6.07, 6.45) is 7.98. The van der Waals surface area contributed by atoms with E-state index in [4.69, 9.17) is 0 Å². The van der Waals surface area contributed by atoms with Gasteiger partial charge >= 0.3 is 112 Å². The van der Waals surface area contributed by atoms with Gasteiger partial charge in [-0.15, -0.1) is 11.1 Å². The van der Waals surface area contributed by atoms with Crippen LogP contribution in [0.1, 0.15) is 127 Å². The fraction of sp³-hybridized carbons (Fsp3) is 0.396. The van der Waals surface area contributed by atoms with E-state index in [9.17, 15) is 0 Å². The van der Waals surface area contributed by atoms with Crippen molar-refractivity contribution in [3.8, 4) is 11.1 Å². The number of fused-ring (bicyclic) bond motifs is 3. The minimum absolute atomic E-state index is 0. The van der Waals surface area contributed by atoms with Gasteiger partial charge in [0.15, 0.2) is 0 Å². The fourth-order valence-corrected chi connectivity index (χ4v) is 7.19. The van der Waals surface area contributed by atoms with Gasteiger partial charge in [0.1, 0.15) is 0 Å². The Morgan fingerprint density at radius 3 is 1.63 bits per heavy atom. The van der Waals surface area contributed by atoms with Gasteiger partial charge in [0.25, 0.3) is 0 Å². The van der Waals surface area contributed by atoms with Crippen LogP contribution in [-0.4, -0.2) is 3.21 Å². The summed E-state index contributed by atoms with van der Waals surface area (Å²) in [6, 6.07) is 32.7. The van der Waals surface area contributed by atoms with Crippen LogP contribution in [0.2, 0.25) is 0 Å². The van der Waals surface area contributed by atoms with Crippen LogP contribution in [0.15, 0.2) is 96.1 Å². The molecule has 0 N–H and O–H groups in total. The molecular weight excluding hydrogens is 739 g/mol. The molecule has 1 unspecified atom stereocenters. The number of aryl methyl sites for hydroxylation is 2. The zero-order chi connectivity index (χ0) is 36.3. The largest absolute Gasteiger partial charge is 1.00 e. The normalized spacial score (nSPS) is 14.6. The average Bonchev–Trinajstić information content (AvgIpc) is 3.60. The quantitative estimate of drug-likeness (QED) is 0.176. The number of rotatable bonds is 3. The summed E-state index contributed by atoms with van der Waals surface area (Å²) in [6.45, 7) is 29.1. The molecule has 2 aliphatic rings. The van der Waals surface area contributed by atoms with Crippen molar-refractivity contribution in [2.24, 2.45) is 11.3 Å². The molecule has 0 fully saturated rings. The van der Waals surface area contributed by atoms with E-state index in [2.05, 4.69) is 187 Å². The molecule has 6 rings (SSSR count). The summed E-state index contributed by atoms with van der Waals surface area (Å²) >= 11 is 1.46. The molecular formula is C48H58Cl2Zr-2.